The minimum absolute atomic E-state index is 0.0708. The molecule has 1 aliphatic rings. The molecule has 0 spiro atoms. The summed E-state index contributed by atoms with van der Waals surface area (Å²) in [6, 6.07) is 10.6. The van der Waals surface area contributed by atoms with Crippen LogP contribution in [0.25, 0.3) is 0 Å². The Morgan fingerprint density at radius 2 is 1.69 bits per heavy atom. The van der Waals surface area contributed by atoms with Gasteiger partial charge in [-0.1, -0.05) is 30.3 Å². The third-order valence-electron chi connectivity index (χ3n) is 3.74. The lowest BCUT2D eigenvalue weighted by atomic mass is 9.90. The second kappa shape index (κ2) is 4.56. The van der Waals surface area contributed by atoms with Crippen LogP contribution in [0.15, 0.2) is 30.3 Å². The molecule has 1 heterocycles. The average Bonchev–Trinajstić information content (AvgIpc) is 2.31. The van der Waals surface area contributed by atoms with E-state index >= 15 is 0 Å². The van der Waals surface area contributed by atoms with Crippen molar-refractivity contribution < 1.29 is 5.11 Å². The van der Waals surface area contributed by atoms with Crippen LogP contribution in [0.3, 0.4) is 0 Å². The molecule has 2 rings (SSSR count). The Bertz CT molecular complexity index is 326. The number of aliphatic hydroxyl groups excluding tert-OH is 1. The fourth-order valence-electron chi connectivity index (χ4n) is 2.45. The van der Waals surface area contributed by atoms with E-state index in [1.54, 1.807) is 0 Å². The van der Waals surface area contributed by atoms with Crippen molar-refractivity contribution in [3.8, 4) is 0 Å². The maximum atomic E-state index is 9.54. The molecule has 2 nitrogen and oxygen atoms in total. The molecular weight excluding hydrogens is 198 g/mol. The van der Waals surface area contributed by atoms with Gasteiger partial charge in [0.25, 0.3) is 0 Å². The lowest BCUT2D eigenvalue weighted by Gasteiger charge is -2.42. The fraction of sp³-hybridized carbons (Fsp3) is 0.571. The number of hydrogen-bond acceptors (Lipinski definition) is 2. The highest BCUT2D eigenvalue weighted by Gasteiger charge is 2.31. The highest BCUT2D eigenvalue weighted by atomic mass is 16.3. The average molecular weight is 219 g/mol. The van der Waals surface area contributed by atoms with E-state index in [4.69, 9.17) is 0 Å². The molecule has 0 amide bonds. The van der Waals surface area contributed by atoms with E-state index in [-0.39, 0.29) is 11.6 Å². The molecule has 0 aromatic heterocycles. The quantitative estimate of drug-likeness (QED) is 0.825. The van der Waals surface area contributed by atoms with E-state index in [9.17, 15) is 5.11 Å². The van der Waals surface area contributed by atoms with Crippen molar-refractivity contribution in [2.45, 2.75) is 38.3 Å². The van der Waals surface area contributed by atoms with Crippen LogP contribution >= 0.6 is 0 Å². The zero-order valence-corrected chi connectivity index (χ0v) is 10.2. The van der Waals surface area contributed by atoms with Crippen molar-refractivity contribution in [3.05, 3.63) is 35.9 Å². The van der Waals surface area contributed by atoms with Gasteiger partial charge in [-0.3, -0.25) is 4.90 Å². The molecule has 1 aliphatic heterocycles. The van der Waals surface area contributed by atoms with Crippen LogP contribution in [0.4, 0.5) is 0 Å². The van der Waals surface area contributed by atoms with Gasteiger partial charge in [-0.15, -0.1) is 0 Å². The van der Waals surface area contributed by atoms with Gasteiger partial charge in [0.1, 0.15) is 0 Å². The maximum Gasteiger partial charge on any atom is 0.0564 e. The third kappa shape index (κ3) is 2.28. The van der Waals surface area contributed by atoms with Gasteiger partial charge in [-0.05, 0) is 32.3 Å². The highest BCUT2D eigenvalue weighted by Crippen LogP contribution is 2.30. The van der Waals surface area contributed by atoms with Crippen molar-refractivity contribution in [3.63, 3.8) is 0 Å². The number of nitrogens with zero attached hydrogens (tertiary/aromatic N) is 1. The summed E-state index contributed by atoms with van der Waals surface area (Å²) in [7, 11) is 0. The second-order valence-corrected chi connectivity index (χ2v) is 5.14. The van der Waals surface area contributed by atoms with Crippen LogP contribution in [0.1, 0.15) is 32.3 Å². The van der Waals surface area contributed by atoms with E-state index in [1.807, 2.05) is 0 Å². The summed E-state index contributed by atoms with van der Waals surface area (Å²) < 4.78 is 0. The number of rotatable bonds is 2. The molecule has 1 fully saturated rings. The Morgan fingerprint density at radius 3 is 2.25 bits per heavy atom. The van der Waals surface area contributed by atoms with Gasteiger partial charge in [-0.25, -0.2) is 0 Å². The molecule has 16 heavy (non-hydrogen) atoms. The normalized spacial score (nSPS) is 19.9. The molecular formula is C14H21NO. The Morgan fingerprint density at radius 1 is 1.12 bits per heavy atom. The maximum absolute atomic E-state index is 9.54. The molecule has 0 saturated carbocycles. The molecule has 0 aliphatic carbocycles. The van der Waals surface area contributed by atoms with E-state index in [2.05, 4.69) is 49.1 Å². The highest BCUT2D eigenvalue weighted by molar-refractivity contribution is 5.23. The predicted molar refractivity (Wildman–Crippen MR) is 66.3 cm³/mol. The Kier molecular flexibility index (Phi) is 3.31. The summed E-state index contributed by atoms with van der Waals surface area (Å²) in [4.78, 5) is 2.47. The first-order valence-electron chi connectivity index (χ1n) is 6.09. The van der Waals surface area contributed by atoms with Crippen LogP contribution in [-0.4, -0.2) is 29.2 Å². The molecule has 1 aromatic carbocycles. The van der Waals surface area contributed by atoms with Crippen LogP contribution in [0.5, 0.6) is 0 Å². The third-order valence-corrected chi connectivity index (χ3v) is 3.74. The van der Waals surface area contributed by atoms with Gasteiger partial charge >= 0.3 is 0 Å². The lowest BCUT2D eigenvalue weighted by Crippen LogP contribution is -2.47. The van der Waals surface area contributed by atoms with E-state index in [0.29, 0.717) is 0 Å². The first-order chi connectivity index (χ1) is 7.60. The lowest BCUT2D eigenvalue weighted by molar-refractivity contribution is 0.0288. The number of aliphatic hydroxyl groups is 1. The van der Waals surface area contributed by atoms with Crippen LogP contribution in [0, 0.1) is 0 Å². The SMILES string of the molecule is CC(C)(c1ccccc1)N1CCC(O)CC1. The van der Waals surface area contributed by atoms with Crippen molar-refractivity contribution in [1.29, 1.82) is 0 Å². The number of hydrogen-bond donors (Lipinski definition) is 1. The van der Waals surface area contributed by atoms with Gasteiger partial charge in [0.15, 0.2) is 0 Å². The largest absolute Gasteiger partial charge is 0.393 e. The van der Waals surface area contributed by atoms with Crippen LogP contribution in [-0.2, 0) is 5.54 Å². The summed E-state index contributed by atoms with van der Waals surface area (Å²) in [5.41, 5.74) is 1.42. The minimum atomic E-state index is -0.0946. The molecule has 0 bridgehead atoms. The van der Waals surface area contributed by atoms with E-state index in [1.165, 1.54) is 5.56 Å². The van der Waals surface area contributed by atoms with Crippen molar-refractivity contribution in [1.82, 2.24) is 4.90 Å². The zero-order valence-electron chi connectivity index (χ0n) is 10.2. The summed E-state index contributed by atoms with van der Waals surface area (Å²) in [6.45, 7) is 6.51. The molecule has 0 atom stereocenters. The summed E-state index contributed by atoms with van der Waals surface area (Å²) in [5.74, 6) is 0. The van der Waals surface area contributed by atoms with Gasteiger partial charge in [-0.2, -0.15) is 0 Å². The Hall–Kier alpha value is -0.860. The molecule has 2 heteroatoms. The molecule has 1 N–H and O–H groups in total. The first kappa shape index (κ1) is 11.6. The number of likely N-dealkylation sites (tertiary alicyclic amines) is 1. The van der Waals surface area contributed by atoms with Gasteiger partial charge < -0.3 is 5.11 Å². The molecule has 88 valence electrons. The summed E-state index contributed by atoms with van der Waals surface area (Å²) >= 11 is 0. The Labute approximate surface area is 97.9 Å². The van der Waals surface area contributed by atoms with Gasteiger partial charge in [0.05, 0.1) is 6.10 Å². The van der Waals surface area contributed by atoms with E-state index in [0.717, 1.165) is 25.9 Å². The first-order valence-corrected chi connectivity index (χ1v) is 6.09. The minimum Gasteiger partial charge on any atom is -0.393 e. The van der Waals surface area contributed by atoms with Crippen molar-refractivity contribution >= 4 is 0 Å². The Balaban J connectivity index is 2.13. The second-order valence-electron chi connectivity index (χ2n) is 5.14. The summed E-state index contributed by atoms with van der Waals surface area (Å²) in [5, 5.41) is 9.54. The molecule has 1 saturated heterocycles. The van der Waals surface area contributed by atoms with Crippen LogP contribution < -0.4 is 0 Å². The number of benzene rings is 1. The molecule has 1 aromatic rings. The van der Waals surface area contributed by atoms with Crippen LogP contribution in [0.2, 0.25) is 0 Å². The predicted octanol–water partition coefficient (Wildman–Crippen LogP) is 2.38. The van der Waals surface area contributed by atoms with Crippen molar-refractivity contribution in [2.24, 2.45) is 0 Å². The van der Waals surface area contributed by atoms with Gasteiger partial charge in [0.2, 0.25) is 0 Å². The smallest absolute Gasteiger partial charge is 0.0564 e. The van der Waals surface area contributed by atoms with E-state index < -0.39 is 0 Å². The molecule has 0 radical (unpaired) electrons. The van der Waals surface area contributed by atoms with Crippen molar-refractivity contribution in [2.75, 3.05) is 13.1 Å². The fourth-order valence-corrected chi connectivity index (χ4v) is 2.45. The molecule has 0 unspecified atom stereocenters. The monoisotopic (exact) mass is 219 g/mol. The van der Waals surface area contributed by atoms with Gasteiger partial charge in [0, 0.05) is 18.6 Å². The number of piperidine rings is 1. The zero-order chi connectivity index (χ0) is 11.6. The summed E-state index contributed by atoms with van der Waals surface area (Å²) in [6.07, 6.45) is 1.70. The topological polar surface area (TPSA) is 23.5 Å². The standard InChI is InChI=1S/C14H21NO/c1-14(2,12-6-4-3-5-7-12)15-10-8-13(16)9-11-15/h3-7,13,16H,8-11H2,1-2H3.